The van der Waals surface area contributed by atoms with E-state index >= 15 is 0 Å². The Hall–Kier alpha value is -2.30. The predicted octanol–water partition coefficient (Wildman–Crippen LogP) is 2.68. The summed E-state index contributed by atoms with van der Waals surface area (Å²) in [7, 11) is 0. The number of aromatic amines is 1. The van der Waals surface area contributed by atoms with E-state index in [1.54, 1.807) is 12.1 Å². The molecule has 2 aliphatic rings. The van der Waals surface area contributed by atoms with Crippen molar-refractivity contribution in [3.63, 3.8) is 0 Å². The number of rotatable bonds is 3. The number of hydrogen-bond donors (Lipinski definition) is 2. The van der Waals surface area contributed by atoms with Crippen molar-refractivity contribution in [3.05, 3.63) is 46.3 Å². The third-order valence-electron chi connectivity index (χ3n) is 5.91. The molecular weight excluding hydrogens is 314 g/mol. The first-order valence-corrected chi connectivity index (χ1v) is 9.13. The number of H-pyrrole nitrogens is 1. The van der Waals surface area contributed by atoms with Crippen molar-refractivity contribution in [1.29, 1.82) is 0 Å². The Kier molecular flexibility index (Phi) is 4.02. The first-order chi connectivity index (χ1) is 12.0. The number of fused-ring (bicyclic) bond motifs is 1. The highest BCUT2D eigenvalue weighted by atomic mass is 16.3. The maximum absolute atomic E-state index is 13.0. The number of likely N-dealkylation sites (tertiary alicyclic amines) is 1. The summed E-state index contributed by atoms with van der Waals surface area (Å²) in [6, 6.07) is 3.90. The fraction of sp³-hybridized carbons (Fsp3) is 0.500. The second-order valence-corrected chi connectivity index (χ2v) is 7.55. The van der Waals surface area contributed by atoms with Gasteiger partial charge in [0.15, 0.2) is 0 Å². The number of hydrogen-bond acceptors (Lipinski definition) is 3. The van der Waals surface area contributed by atoms with Crippen LogP contribution in [-0.2, 0) is 24.1 Å². The van der Waals surface area contributed by atoms with E-state index in [9.17, 15) is 9.90 Å². The van der Waals surface area contributed by atoms with E-state index < -0.39 is 0 Å². The number of phenols is 1. The number of aromatic hydroxyl groups is 1. The normalized spacial score (nSPS) is 23.1. The van der Waals surface area contributed by atoms with Gasteiger partial charge < -0.3 is 10.0 Å². The Morgan fingerprint density at radius 3 is 2.80 bits per heavy atom. The lowest BCUT2D eigenvalue weighted by Gasteiger charge is -2.31. The van der Waals surface area contributed by atoms with Gasteiger partial charge in [0.05, 0.1) is 6.20 Å². The van der Waals surface area contributed by atoms with Crippen LogP contribution in [-0.4, -0.2) is 38.7 Å². The fourth-order valence-corrected chi connectivity index (χ4v) is 4.52. The van der Waals surface area contributed by atoms with Crippen molar-refractivity contribution in [3.8, 4) is 5.75 Å². The molecule has 2 heterocycles. The highest BCUT2D eigenvalue weighted by molar-refractivity contribution is 5.81. The number of aromatic nitrogens is 2. The largest absolute Gasteiger partial charge is 0.508 e. The van der Waals surface area contributed by atoms with Gasteiger partial charge in [0.2, 0.25) is 5.91 Å². The Bertz CT molecular complexity index is 788. The van der Waals surface area contributed by atoms with Crippen LogP contribution >= 0.6 is 0 Å². The van der Waals surface area contributed by atoms with Gasteiger partial charge in [-0.2, -0.15) is 5.10 Å². The number of carbonyl (C=O) groups excluding carboxylic acids is 1. The Labute approximate surface area is 148 Å². The maximum Gasteiger partial charge on any atom is 0.226 e. The van der Waals surface area contributed by atoms with Crippen LogP contribution in [0.4, 0.5) is 0 Å². The molecule has 1 saturated heterocycles. The first kappa shape index (κ1) is 16.2. The minimum Gasteiger partial charge on any atom is -0.508 e. The van der Waals surface area contributed by atoms with Gasteiger partial charge in [-0.05, 0) is 80.3 Å². The molecule has 1 fully saturated rings. The van der Waals surface area contributed by atoms with Gasteiger partial charge >= 0.3 is 0 Å². The van der Waals surface area contributed by atoms with Crippen LogP contribution in [0.5, 0.6) is 5.75 Å². The van der Waals surface area contributed by atoms with Gasteiger partial charge in [-0.25, -0.2) is 0 Å². The second kappa shape index (κ2) is 6.21. The lowest BCUT2D eigenvalue weighted by Crippen LogP contribution is -2.41. The predicted molar refractivity (Wildman–Crippen MR) is 95.5 cm³/mol. The molecule has 1 aliphatic heterocycles. The van der Waals surface area contributed by atoms with Crippen molar-refractivity contribution in [1.82, 2.24) is 15.1 Å². The molecule has 5 heteroatoms. The van der Waals surface area contributed by atoms with Crippen LogP contribution < -0.4 is 0 Å². The summed E-state index contributed by atoms with van der Waals surface area (Å²) in [5.74, 6) is 0.660. The molecule has 0 saturated carbocycles. The summed E-state index contributed by atoms with van der Waals surface area (Å²) in [6.45, 7) is 4.89. The SMILES string of the molecule is Cc1cc(O)cc(C)c1CC1CCN(C2CCc3[nH]ncc3C2)C1=O. The molecule has 2 aromatic rings. The molecule has 25 heavy (non-hydrogen) atoms. The van der Waals surface area contributed by atoms with Gasteiger partial charge in [-0.3, -0.25) is 9.89 Å². The highest BCUT2D eigenvalue weighted by Gasteiger charge is 2.37. The summed E-state index contributed by atoms with van der Waals surface area (Å²) in [5.41, 5.74) is 5.85. The van der Waals surface area contributed by atoms with E-state index in [0.717, 1.165) is 49.8 Å². The number of carbonyl (C=O) groups is 1. The molecule has 1 aromatic carbocycles. The summed E-state index contributed by atoms with van der Waals surface area (Å²) in [6.07, 6.45) is 6.52. The van der Waals surface area contributed by atoms with E-state index in [0.29, 0.717) is 17.7 Å². The molecule has 1 amide bonds. The van der Waals surface area contributed by atoms with E-state index in [-0.39, 0.29) is 5.92 Å². The van der Waals surface area contributed by atoms with Crippen LogP contribution in [0, 0.1) is 19.8 Å². The molecule has 5 nitrogen and oxygen atoms in total. The quantitative estimate of drug-likeness (QED) is 0.903. The lowest BCUT2D eigenvalue weighted by atomic mass is 9.91. The molecule has 0 radical (unpaired) electrons. The summed E-state index contributed by atoms with van der Waals surface area (Å²) < 4.78 is 0. The molecule has 1 aliphatic carbocycles. The van der Waals surface area contributed by atoms with Crippen LogP contribution in [0.1, 0.15) is 40.8 Å². The topological polar surface area (TPSA) is 69.2 Å². The van der Waals surface area contributed by atoms with Gasteiger partial charge in [0, 0.05) is 24.2 Å². The zero-order valence-corrected chi connectivity index (χ0v) is 14.9. The van der Waals surface area contributed by atoms with Gasteiger partial charge in [-0.1, -0.05) is 0 Å². The summed E-state index contributed by atoms with van der Waals surface area (Å²) in [4.78, 5) is 15.1. The van der Waals surface area contributed by atoms with Crippen molar-refractivity contribution in [2.24, 2.45) is 5.92 Å². The van der Waals surface area contributed by atoms with E-state index in [2.05, 4.69) is 15.1 Å². The van der Waals surface area contributed by atoms with Crippen molar-refractivity contribution >= 4 is 5.91 Å². The number of phenolic OH excluding ortho intramolecular Hbond substituents is 1. The molecular formula is C20H25N3O2. The van der Waals surface area contributed by atoms with Gasteiger partial charge in [0.1, 0.15) is 5.75 Å². The third-order valence-corrected chi connectivity index (χ3v) is 5.91. The minimum atomic E-state index is 0.0627. The van der Waals surface area contributed by atoms with Gasteiger partial charge in [0.25, 0.3) is 0 Å². The molecule has 0 bridgehead atoms. The molecule has 2 unspecified atom stereocenters. The summed E-state index contributed by atoms with van der Waals surface area (Å²) in [5, 5.41) is 16.9. The summed E-state index contributed by atoms with van der Waals surface area (Å²) >= 11 is 0. The number of aryl methyl sites for hydroxylation is 3. The van der Waals surface area contributed by atoms with Crippen molar-refractivity contribution in [2.75, 3.05) is 6.54 Å². The van der Waals surface area contributed by atoms with E-state index in [1.807, 2.05) is 20.0 Å². The van der Waals surface area contributed by atoms with Crippen LogP contribution in [0.3, 0.4) is 0 Å². The zero-order chi connectivity index (χ0) is 17.6. The molecule has 1 aromatic heterocycles. The van der Waals surface area contributed by atoms with Gasteiger partial charge in [-0.15, -0.1) is 0 Å². The minimum absolute atomic E-state index is 0.0627. The second-order valence-electron chi connectivity index (χ2n) is 7.55. The fourth-order valence-electron chi connectivity index (χ4n) is 4.52. The smallest absolute Gasteiger partial charge is 0.226 e. The zero-order valence-electron chi connectivity index (χ0n) is 14.9. The average molecular weight is 339 g/mol. The number of benzene rings is 1. The van der Waals surface area contributed by atoms with Crippen LogP contribution in [0.25, 0.3) is 0 Å². The number of nitrogens with one attached hydrogen (secondary N) is 1. The Balaban J connectivity index is 1.47. The highest BCUT2D eigenvalue weighted by Crippen LogP contribution is 2.32. The first-order valence-electron chi connectivity index (χ1n) is 9.13. The Morgan fingerprint density at radius 1 is 1.28 bits per heavy atom. The molecule has 132 valence electrons. The number of nitrogens with zero attached hydrogens (tertiary/aromatic N) is 2. The molecule has 4 rings (SSSR count). The van der Waals surface area contributed by atoms with E-state index in [1.165, 1.54) is 16.8 Å². The Morgan fingerprint density at radius 2 is 2.04 bits per heavy atom. The molecule has 2 N–H and O–H groups in total. The van der Waals surface area contributed by atoms with E-state index in [4.69, 9.17) is 0 Å². The standard InChI is InChI=1S/C20H25N3O2/c1-12-7-17(24)8-13(2)18(12)10-14-5-6-23(20(14)25)16-3-4-19-15(9-16)11-21-22-19/h7-8,11,14,16,24H,3-6,9-10H2,1-2H3,(H,21,22). The van der Waals surface area contributed by atoms with Crippen molar-refractivity contribution < 1.29 is 9.90 Å². The maximum atomic E-state index is 13.0. The van der Waals surface area contributed by atoms with Crippen LogP contribution in [0.15, 0.2) is 18.3 Å². The monoisotopic (exact) mass is 339 g/mol. The van der Waals surface area contributed by atoms with Crippen molar-refractivity contribution in [2.45, 2.75) is 52.0 Å². The van der Waals surface area contributed by atoms with Crippen LogP contribution in [0.2, 0.25) is 0 Å². The molecule has 2 atom stereocenters. The number of amides is 1. The third kappa shape index (κ3) is 2.92. The molecule has 0 spiro atoms. The average Bonchev–Trinajstić information content (AvgIpc) is 3.17. The lowest BCUT2D eigenvalue weighted by molar-refractivity contribution is -0.133.